The SMILES string of the molecule is CC1(C)COC(=O)C(C(=O)NC2CCCC(C(F)(F)F)C2)C1=O. The van der Waals surface area contributed by atoms with E-state index in [0.717, 1.165) is 0 Å². The van der Waals surface area contributed by atoms with Crippen molar-refractivity contribution in [2.75, 3.05) is 6.61 Å². The first-order valence-electron chi connectivity index (χ1n) is 7.60. The van der Waals surface area contributed by atoms with Gasteiger partial charge in [0.15, 0.2) is 11.7 Å². The maximum atomic E-state index is 12.8. The van der Waals surface area contributed by atoms with Gasteiger partial charge < -0.3 is 10.1 Å². The van der Waals surface area contributed by atoms with E-state index in [1.165, 1.54) is 0 Å². The molecular weight excluding hydrogens is 315 g/mol. The summed E-state index contributed by atoms with van der Waals surface area (Å²) in [6, 6.07) is -0.687. The summed E-state index contributed by atoms with van der Waals surface area (Å²) < 4.78 is 43.2. The quantitative estimate of drug-likeness (QED) is 0.619. The number of ether oxygens (including phenoxy) is 1. The average Bonchev–Trinajstić information content (AvgIpc) is 2.43. The predicted molar refractivity (Wildman–Crippen MR) is 73.2 cm³/mol. The Morgan fingerprint density at radius 3 is 2.52 bits per heavy atom. The van der Waals surface area contributed by atoms with E-state index in [-0.39, 0.29) is 19.4 Å². The van der Waals surface area contributed by atoms with Crippen molar-refractivity contribution >= 4 is 17.7 Å². The second-order valence-electron chi connectivity index (χ2n) is 6.90. The van der Waals surface area contributed by atoms with E-state index in [4.69, 9.17) is 4.74 Å². The van der Waals surface area contributed by atoms with E-state index in [2.05, 4.69) is 5.32 Å². The normalized spacial score (nSPS) is 31.4. The number of carbonyl (C=O) groups excluding carboxylic acids is 3. The third-order valence-electron chi connectivity index (χ3n) is 4.49. The van der Waals surface area contributed by atoms with Gasteiger partial charge in [0.1, 0.15) is 6.61 Å². The first-order valence-corrected chi connectivity index (χ1v) is 7.60. The average molecular weight is 335 g/mol. The molecule has 0 aromatic carbocycles. The third kappa shape index (κ3) is 3.84. The number of esters is 1. The Labute approximate surface area is 131 Å². The summed E-state index contributed by atoms with van der Waals surface area (Å²) in [4.78, 5) is 36.2. The van der Waals surface area contributed by atoms with Crippen molar-refractivity contribution in [3.05, 3.63) is 0 Å². The number of ketones is 1. The molecular formula is C15H20F3NO4. The van der Waals surface area contributed by atoms with Crippen molar-refractivity contribution in [3.63, 3.8) is 0 Å². The molecule has 1 aliphatic carbocycles. The molecule has 2 rings (SSSR count). The minimum atomic E-state index is -4.30. The number of Topliss-reactive ketones (excluding diaryl/α,β-unsaturated/α-hetero) is 1. The van der Waals surface area contributed by atoms with Gasteiger partial charge in [-0.2, -0.15) is 13.2 Å². The largest absolute Gasteiger partial charge is 0.464 e. The number of halogens is 3. The molecule has 0 aromatic heterocycles. The van der Waals surface area contributed by atoms with E-state index in [1.807, 2.05) is 0 Å². The Morgan fingerprint density at radius 1 is 1.26 bits per heavy atom. The lowest BCUT2D eigenvalue weighted by atomic mass is 9.79. The van der Waals surface area contributed by atoms with Gasteiger partial charge in [-0.1, -0.05) is 6.42 Å². The number of carbonyl (C=O) groups is 3. The molecule has 0 spiro atoms. The van der Waals surface area contributed by atoms with Crippen molar-refractivity contribution in [1.29, 1.82) is 0 Å². The van der Waals surface area contributed by atoms with Crippen LogP contribution in [0.25, 0.3) is 0 Å². The van der Waals surface area contributed by atoms with Crippen LogP contribution in [0.5, 0.6) is 0 Å². The molecule has 23 heavy (non-hydrogen) atoms. The number of nitrogens with one attached hydrogen (secondary N) is 1. The lowest BCUT2D eigenvalue weighted by Crippen LogP contribution is -2.54. The fraction of sp³-hybridized carbons (Fsp3) is 0.800. The van der Waals surface area contributed by atoms with Crippen LogP contribution in [0.1, 0.15) is 39.5 Å². The molecule has 3 unspecified atom stereocenters. The fourth-order valence-corrected chi connectivity index (χ4v) is 3.03. The van der Waals surface area contributed by atoms with Crippen LogP contribution in [0.3, 0.4) is 0 Å². The predicted octanol–water partition coefficient (Wildman–Crippen LogP) is 1.99. The van der Waals surface area contributed by atoms with E-state index >= 15 is 0 Å². The molecule has 130 valence electrons. The molecule has 3 atom stereocenters. The number of amides is 1. The number of alkyl halides is 3. The van der Waals surface area contributed by atoms with Crippen LogP contribution in [0, 0.1) is 17.3 Å². The molecule has 1 saturated heterocycles. The van der Waals surface area contributed by atoms with Crippen molar-refractivity contribution in [1.82, 2.24) is 5.32 Å². The van der Waals surface area contributed by atoms with Crippen LogP contribution in [0.15, 0.2) is 0 Å². The van der Waals surface area contributed by atoms with E-state index in [0.29, 0.717) is 12.8 Å². The van der Waals surface area contributed by atoms with Gasteiger partial charge in [-0.05, 0) is 33.1 Å². The van der Waals surface area contributed by atoms with Gasteiger partial charge in [0, 0.05) is 6.04 Å². The molecule has 2 fully saturated rings. The molecule has 0 bridgehead atoms. The first-order chi connectivity index (χ1) is 10.5. The number of hydrogen-bond donors (Lipinski definition) is 1. The Balaban J connectivity index is 2.03. The van der Waals surface area contributed by atoms with E-state index in [1.54, 1.807) is 13.8 Å². The molecule has 1 N–H and O–H groups in total. The summed E-state index contributed by atoms with van der Waals surface area (Å²) in [6.07, 6.45) is -3.76. The Bertz CT molecular complexity index is 515. The summed E-state index contributed by atoms with van der Waals surface area (Å²) in [6.45, 7) is 3.01. The highest BCUT2D eigenvalue weighted by Crippen LogP contribution is 2.37. The lowest BCUT2D eigenvalue weighted by Gasteiger charge is -2.34. The monoisotopic (exact) mass is 335 g/mol. The minimum Gasteiger partial charge on any atom is -0.464 e. The lowest BCUT2D eigenvalue weighted by molar-refractivity contribution is -0.184. The molecule has 1 saturated carbocycles. The zero-order chi connectivity index (χ0) is 17.4. The smallest absolute Gasteiger partial charge is 0.391 e. The fourth-order valence-electron chi connectivity index (χ4n) is 3.03. The first kappa shape index (κ1) is 17.7. The highest BCUT2D eigenvalue weighted by Gasteiger charge is 2.49. The molecule has 8 heteroatoms. The van der Waals surface area contributed by atoms with Gasteiger partial charge >= 0.3 is 12.1 Å². The van der Waals surface area contributed by atoms with Gasteiger partial charge in [0.25, 0.3) is 0 Å². The highest BCUT2D eigenvalue weighted by atomic mass is 19.4. The van der Waals surface area contributed by atoms with Crippen LogP contribution in [-0.2, 0) is 19.1 Å². The zero-order valence-corrected chi connectivity index (χ0v) is 13.0. The Morgan fingerprint density at radius 2 is 1.91 bits per heavy atom. The van der Waals surface area contributed by atoms with Gasteiger partial charge in [0.05, 0.1) is 11.3 Å². The van der Waals surface area contributed by atoms with Gasteiger partial charge in [-0.15, -0.1) is 0 Å². The van der Waals surface area contributed by atoms with Crippen LogP contribution in [-0.4, -0.2) is 36.5 Å². The van der Waals surface area contributed by atoms with Gasteiger partial charge in [-0.3, -0.25) is 14.4 Å². The van der Waals surface area contributed by atoms with Crippen LogP contribution >= 0.6 is 0 Å². The molecule has 1 heterocycles. The summed E-state index contributed by atoms with van der Waals surface area (Å²) >= 11 is 0. The maximum absolute atomic E-state index is 12.8. The summed E-state index contributed by atoms with van der Waals surface area (Å²) in [5.74, 6) is -5.41. The molecule has 0 aromatic rings. The van der Waals surface area contributed by atoms with Crippen molar-refractivity contribution in [3.8, 4) is 0 Å². The van der Waals surface area contributed by atoms with E-state index in [9.17, 15) is 27.6 Å². The van der Waals surface area contributed by atoms with Crippen LogP contribution < -0.4 is 5.32 Å². The second kappa shape index (κ2) is 6.13. The summed E-state index contributed by atoms with van der Waals surface area (Å²) in [5.41, 5.74) is -0.975. The Kier molecular flexibility index (Phi) is 4.73. The highest BCUT2D eigenvalue weighted by molar-refractivity contribution is 6.19. The van der Waals surface area contributed by atoms with E-state index < -0.39 is 47.1 Å². The van der Waals surface area contributed by atoms with Gasteiger partial charge in [0.2, 0.25) is 5.91 Å². The Hall–Kier alpha value is -1.60. The van der Waals surface area contributed by atoms with Crippen molar-refractivity contribution in [2.24, 2.45) is 17.3 Å². The summed E-state index contributed by atoms with van der Waals surface area (Å²) in [5, 5.41) is 2.43. The summed E-state index contributed by atoms with van der Waals surface area (Å²) in [7, 11) is 0. The molecule has 0 radical (unpaired) electrons. The van der Waals surface area contributed by atoms with Crippen molar-refractivity contribution in [2.45, 2.75) is 51.7 Å². The molecule has 5 nitrogen and oxygen atoms in total. The number of rotatable bonds is 2. The minimum absolute atomic E-state index is 0.0350. The second-order valence-corrected chi connectivity index (χ2v) is 6.90. The maximum Gasteiger partial charge on any atom is 0.391 e. The van der Waals surface area contributed by atoms with Crippen molar-refractivity contribution < 1.29 is 32.3 Å². The molecule has 1 amide bonds. The number of cyclic esters (lactones) is 1. The third-order valence-corrected chi connectivity index (χ3v) is 4.49. The standard InChI is InChI=1S/C15H20F3NO4/c1-14(2)7-23-13(22)10(11(14)20)12(21)19-9-5-3-4-8(6-9)15(16,17)18/h8-10H,3-7H2,1-2H3,(H,19,21). The van der Waals surface area contributed by atoms with Crippen LogP contribution in [0.2, 0.25) is 0 Å². The topological polar surface area (TPSA) is 72.5 Å². The van der Waals surface area contributed by atoms with Gasteiger partial charge in [-0.25, -0.2) is 0 Å². The number of hydrogen-bond acceptors (Lipinski definition) is 4. The zero-order valence-electron chi connectivity index (χ0n) is 13.0. The van der Waals surface area contributed by atoms with Crippen LogP contribution in [0.4, 0.5) is 13.2 Å². The molecule has 2 aliphatic rings. The molecule has 1 aliphatic heterocycles.